The van der Waals surface area contributed by atoms with Crippen molar-refractivity contribution in [3.63, 3.8) is 0 Å². The van der Waals surface area contributed by atoms with Crippen LogP contribution in [0, 0.1) is 5.82 Å². The maximum atomic E-state index is 13.4. The van der Waals surface area contributed by atoms with Crippen LogP contribution in [0.5, 0.6) is 0 Å². The monoisotopic (exact) mass is 495 g/mol. The molecule has 5 nitrogen and oxygen atoms in total. The Morgan fingerprint density at radius 1 is 1.24 bits per heavy atom. The number of amides is 1. The summed E-state index contributed by atoms with van der Waals surface area (Å²) in [7, 11) is 0. The van der Waals surface area contributed by atoms with Crippen molar-refractivity contribution in [1.29, 1.82) is 0 Å². The minimum absolute atomic E-state index is 0.0125. The van der Waals surface area contributed by atoms with E-state index in [0.29, 0.717) is 22.7 Å². The SMILES string of the molecule is C[C@@H]1Cc2nc(SCC(=O)Nc3cccc(C(F)(F)F)c3)n(-c3ccc(F)cc3)c(=O)c2S1. The van der Waals surface area contributed by atoms with Crippen LogP contribution >= 0.6 is 23.5 Å². The molecular weight excluding hydrogens is 478 g/mol. The molecule has 0 radical (unpaired) electrons. The highest BCUT2D eigenvalue weighted by molar-refractivity contribution is 8.00. The Bertz CT molecular complexity index is 1260. The lowest BCUT2D eigenvalue weighted by Crippen LogP contribution is -2.24. The van der Waals surface area contributed by atoms with Gasteiger partial charge in [0.15, 0.2) is 5.16 Å². The molecule has 33 heavy (non-hydrogen) atoms. The molecule has 1 aliphatic heterocycles. The fourth-order valence-corrected chi connectivity index (χ4v) is 5.24. The highest BCUT2D eigenvalue weighted by atomic mass is 32.2. The van der Waals surface area contributed by atoms with Crippen molar-refractivity contribution in [3.8, 4) is 5.69 Å². The molecule has 0 saturated carbocycles. The van der Waals surface area contributed by atoms with Crippen LogP contribution in [0.2, 0.25) is 0 Å². The third-order valence-electron chi connectivity index (χ3n) is 4.77. The van der Waals surface area contributed by atoms with Crippen molar-refractivity contribution in [1.82, 2.24) is 9.55 Å². The minimum Gasteiger partial charge on any atom is -0.325 e. The average Bonchev–Trinajstić information content (AvgIpc) is 3.13. The van der Waals surface area contributed by atoms with Crippen LogP contribution in [0.3, 0.4) is 0 Å². The molecule has 3 aromatic rings. The first-order valence-corrected chi connectivity index (χ1v) is 11.7. The summed E-state index contributed by atoms with van der Waals surface area (Å²) in [5, 5.41) is 2.86. The van der Waals surface area contributed by atoms with E-state index in [4.69, 9.17) is 0 Å². The summed E-state index contributed by atoms with van der Waals surface area (Å²) >= 11 is 2.40. The Labute approximate surface area is 194 Å². The van der Waals surface area contributed by atoms with Gasteiger partial charge in [-0.05, 0) is 42.5 Å². The van der Waals surface area contributed by atoms with Gasteiger partial charge >= 0.3 is 6.18 Å². The van der Waals surface area contributed by atoms with Gasteiger partial charge in [-0.2, -0.15) is 13.2 Å². The van der Waals surface area contributed by atoms with Crippen molar-refractivity contribution >= 4 is 35.1 Å². The summed E-state index contributed by atoms with van der Waals surface area (Å²) in [4.78, 5) is 30.7. The maximum absolute atomic E-state index is 13.4. The quantitative estimate of drug-likeness (QED) is 0.301. The van der Waals surface area contributed by atoms with E-state index < -0.39 is 23.5 Å². The number of benzene rings is 2. The molecule has 0 saturated heterocycles. The molecule has 1 atom stereocenters. The van der Waals surface area contributed by atoms with Gasteiger partial charge in [-0.15, -0.1) is 11.8 Å². The fraction of sp³-hybridized carbons (Fsp3) is 0.227. The van der Waals surface area contributed by atoms with E-state index in [9.17, 15) is 27.2 Å². The number of hydrogen-bond donors (Lipinski definition) is 1. The van der Waals surface area contributed by atoms with Crippen molar-refractivity contribution in [2.24, 2.45) is 0 Å². The second kappa shape index (κ2) is 9.22. The second-order valence-electron chi connectivity index (χ2n) is 7.34. The summed E-state index contributed by atoms with van der Waals surface area (Å²) < 4.78 is 53.4. The van der Waals surface area contributed by atoms with Crippen LogP contribution in [-0.2, 0) is 17.4 Å². The smallest absolute Gasteiger partial charge is 0.325 e. The van der Waals surface area contributed by atoms with E-state index in [2.05, 4.69) is 10.3 Å². The third kappa shape index (κ3) is 5.25. The minimum atomic E-state index is -4.52. The Morgan fingerprint density at radius 3 is 2.67 bits per heavy atom. The summed E-state index contributed by atoms with van der Waals surface area (Å²) in [5.41, 5.74) is -0.125. The predicted molar refractivity (Wildman–Crippen MR) is 120 cm³/mol. The van der Waals surface area contributed by atoms with Gasteiger partial charge in [0.25, 0.3) is 5.56 Å². The van der Waals surface area contributed by atoms with Crippen LogP contribution in [0.1, 0.15) is 18.2 Å². The van der Waals surface area contributed by atoms with Crippen molar-refractivity contribution in [3.05, 3.63) is 76.0 Å². The van der Waals surface area contributed by atoms with Crippen LogP contribution < -0.4 is 10.9 Å². The number of carbonyl (C=O) groups excluding carboxylic acids is 1. The molecular formula is C22H17F4N3O2S2. The first-order chi connectivity index (χ1) is 15.6. The van der Waals surface area contributed by atoms with Gasteiger partial charge in [0.05, 0.1) is 27.6 Å². The molecule has 0 aliphatic carbocycles. The van der Waals surface area contributed by atoms with Crippen molar-refractivity contribution in [2.75, 3.05) is 11.1 Å². The first-order valence-electron chi connectivity index (χ1n) is 9.80. The van der Waals surface area contributed by atoms with Gasteiger partial charge in [0.2, 0.25) is 5.91 Å². The van der Waals surface area contributed by atoms with E-state index in [1.807, 2.05) is 6.92 Å². The molecule has 11 heteroatoms. The van der Waals surface area contributed by atoms with Gasteiger partial charge in [0.1, 0.15) is 5.82 Å². The summed E-state index contributed by atoms with van der Waals surface area (Å²) in [6.45, 7) is 1.98. The van der Waals surface area contributed by atoms with Gasteiger partial charge in [-0.3, -0.25) is 14.2 Å². The van der Waals surface area contributed by atoms with Crippen LogP contribution in [-0.4, -0.2) is 26.5 Å². The zero-order valence-corrected chi connectivity index (χ0v) is 18.8. The molecule has 172 valence electrons. The molecule has 4 rings (SSSR count). The number of anilines is 1. The van der Waals surface area contributed by atoms with Crippen LogP contribution in [0.4, 0.5) is 23.2 Å². The molecule has 1 aliphatic rings. The Morgan fingerprint density at radius 2 is 1.97 bits per heavy atom. The van der Waals surface area contributed by atoms with E-state index in [0.717, 1.165) is 23.9 Å². The number of hydrogen-bond acceptors (Lipinski definition) is 5. The topological polar surface area (TPSA) is 64.0 Å². The number of halogens is 4. The van der Waals surface area contributed by atoms with Crippen LogP contribution in [0.15, 0.2) is 63.4 Å². The van der Waals surface area contributed by atoms with E-state index >= 15 is 0 Å². The Kier molecular flexibility index (Phi) is 6.53. The molecule has 1 amide bonds. The fourth-order valence-electron chi connectivity index (χ4n) is 3.32. The van der Waals surface area contributed by atoms with Gasteiger partial charge in [0, 0.05) is 17.4 Å². The number of alkyl halides is 3. The van der Waals surface area contributed by atoms with Gasteiger partial charge in [-0.25, -0.2) is 9.37 Å². The second-order valence-corrected chi connectivity index (χ2v) is 9.73. The number of fused-ring (bicyclic) bond motifs is 1. The van der Waals surface area contributed by atoms with E-state index in [1.165, 1.54) is 52.7 Å². The van der Waals surface area contributed by atoms with Gasteiger partial charge < -0.3 is 5.32 Å². The largest absolute Gasteiger partial charge is 0.416 e. The predicted octanol–water partition coefficient (Wildman–Crippen LogP) is 5.16. The standard InChI is InChI=1S/C22H17F4N3O2S2/c1-12-9-17-19(33-12)20(31)29(16-7-5-14(23)6-8-16)21(28-17)32-11-18(30)27-15-4-2-3-13(10-15)22(24,25)26/h2-8,10,12H,9,11H2,1H3,(H,27,30)/t12-/m1/s1. The molecule has 2 heterocycles. The van der Waals surface area contributed by atoms with Gasteiger partial charge in [-0.1, -0.05) is 24.8 Å². The number of carbonyl (C=O) groups is 1. The number of thioether (sulfide) groups is 2. The number of nitrogens with zero attached hydrogens (tertiary/aromatic N) is 2. The molecule has 2 aromatic carbocycles. The average molecular weight is 496 g/mol. The van der Waals surface area contributed by atoms with Crippen molar-refractivity contribution < 1.29 is 22.4 Å². The molecule has 1 aromatic heterocycles. The van der Waals surface area contributed by atoms with E-state index in [-0.39, 0.29) is 27.4 Å². The summed E-state index contributed by atoms with van der Waals surface area (Å²) in [5.74, 6) is -1.20. The Balaban J connectivity index is 1.58. The number of nitrogens with one attached hydrogen (secondary N) is 1. The zero-order valence-electron chi connectivity index (χ0n) is 17.1. The number of aromatic nitrogens is 2. The third-order valence-corrected chi connectivity index (χ3v) is 6.93. The summed E-state index contributed by atoms with van der Waals surface area (Å²) in [6.07, 6.45) is -3.92. The molecule has 0 spiro atoms. The summed E-state index contributed by atoms with van der Waals surface area (Å²) in [6, 6.07) is 9.67. The lowest BCUT2D eigenvalue weighted by Gasteiger charge is -2.14. The molecule has 0 bridgehead atoms. The normalized spacial score (nSPS) is 15.4. The zero-order chi connectivity index (χ0) is 23.8. The number of rotatable bonds is 5. The van der Waals surface area contributed by atoms with E-state index in [1.54, 1.807) is 0 Å². The Hall–Kier alpha value is -2.79. The molecule has 0 fully saturated rings. The van der Waals surface area contributed by atoms with Crippen LogP contribution in [0.25, 0.3) is 5.69 Å². The lowest BCUT2D eigenvalue weighted by atomic mass is 10.2. The molecule has 0 unspecified atom stereocenters. The first kappa shape index (κ1) is 23.4. The highest BCUT2D eigenvalue weighted by Gasteiger charge is 2.30. The highest BCUT2D eigenvalue weighted by Crippen LogP contribution is 2.35. The van der Waals surface area contributed by atoms with Crippen molar-refractivity contribution in [2.45, 2.75) is 34.8 Å². The molecule has 1 N–H and O–H groups in total. The lowest BCUT2D eigenvalue weighted by molar-refractivity contribution is -0.137. The maximum Gasteiger partial charge on any atom is 0.416 e.